The molecule has 0 bridgehead atoms. The van der Waals surface area contributed by atoms with Crippen LogP contribution in [0.15, 0.2) is 47.5 Å². The van der Waals surface area contributed by atoms with E-state index in [2.05, 4.69) is 20.6 Å². The summed E-state index contributed by atoms with van der Waals surface area (Å²) < 4.78 is 29.5. The van der Waals surface area contributed by atoms with Crippen molar-refractivity contribution in [1.29, 1.82) is 0 Å². The van der Waals surface area contributed by atoms with Gasteiger partial charge in [-0.25, -0.2) is 13.1 Å². The van der Waals surface area contributed by atoms with Crippen LogP contribution in [0.2, 0.25) is 0 Å². The van der Waals surface area contributed by atoms with Crippen LogP contribution in [0.5, 0.6) is 0 Å². The van der Waals surface area contributed by atoms with Crippen molar-refractivity contribution in [2.75, 3.05) is 36.4 Å². The summed E-state index contributed by atoms with van der Waals surface area (Å²) in [4.78, 5) is 13.5. The Bertz CT molecular complexity index is 1230. The van der Waals surface area contributed by atoms with Gasteiger partial charge in [0.25, 0.3) is 0 Å². The Morgan fingerprint density at radius 3 is 2.22 bits per heavy atom. The number of carbonyl (C=O) groups is 1. The van der Waals surface area contributed by atoms with Crippen LogP contribution in [0.4, 0.5) is 11.5 Å². The fraction of sp³-hybridized carbons (Fsp3) is 0.333. The molecule has 1 aromatic carbocycles. The molecule has 2 aromatic heterocycles. The average Bonchev–Trinajstić information content (AvgIpc) is 3.20. The van der Waals surface area contributed by atoms with E-state index in [1.165, 1.54) is 11.2 Å². The summed E-state index contributed by atoms with van der Waals surface area (Å²) in [5.41, 5.74) is 2.06. The highest BCUT2D eigenvalue weighted by molar-refractivity contribution is 7.89. The molecule has 168 valence electrons. The molecule has 3 aromatic rings. The summed E-state index contributed by atoms with van der Waals surface area (Å²) in [6, 6.07) is 10.4. The second-order valence-corrected chi connectivity index (χ2v) is 9.61. The van der Waals surface area contributed by atoms with Crippen LogP contribution in [-0.2, 0) is 14.8 Å². The predicted molar refractivity (Wildman–Crippen MR) is 120 cm³/mol. The first-order chi connectivity index (χ1) is 15.2. The van der Waals surface area contributed by atoms with Crippen LogP contribution in [0.1, 0.15) is 18.2 Å². The second-order valence-electron chi connectivity index (χ2n) is 7.70. The minimum Gasteiger partial charge on any atom is -0.352 e. The molecule has 1 N–H and O–H groups in total. The van der Waals surface area contributed by atoms with Gasteiger partial charge in [0, 0.05) is 45.0 Å². The van der Waals surface area contributed by atoms with Crippen molar-refractivity contribution in [3.8, 4) is 5.82 Å². The third kappa shape index (κ3) is 4.48. The van der Waals surface area contributed by atoms with Gasteiger partial charge in [0.15, 0.2) is 11.6 Å². The van der Waals surface area contributed by atoms with E-state index in [1.54, 1.807) is 29.8 Å². The first-order valence-corrected chi connectivity index (χ1v) is 11.7. The number of piperazine rings is 1. The lowest BCUT2D eigenvalue weighted by Gasteiger charge is -2.34. The lowest BCUT2D eigenvalue weighted by molar-refractivity contribution is -0.114. The maximum Gasteiger partial charge on any atom is 0.243 e. The molecule has 11 heteroatoms. The van der Waals surface area contributed by atoms with Crippen LogP contribution < -0.4 is 10.2 Å². The Morgan fingerprint density at radius 2 is 1.66 bits per heavy atom. The molecule has 0 spiro atoms. The van der Waals surface area contributed by atoms with E-state index >= 15 is 0 Å². The van der Waals surface area contributed by atoms with E-state index in [9.17, 15) is 13.2 Å². The van der Waals surface area contributed by atoms with Crippen molar-refractivity contribution in [3.63, 3.8) is 0 Å². The molecule has 1 saturated heterocycles. The molecule has 10 nitrogen and oxygen atoms in total. The van der Waals surface area contributed by atoms with E-state index in [0.29, 0.717) is 49.1 Å². The predicted octanol–water partition coefficient (Wildman–Crippen LogP) is 1.75. The first kappa shape index (κ1) is 21.9. The molecular weight excluding hydrogens is 430 g/mol. The Morgan fingerprint density at radius 1 is 0.969 bits per heavy atom. The number of benzene rings is 1. The summed E-state index contributed by atoms with van der Waals surface area (Å²) in [7, 11) is -3.64. The Kier molecular flexibility index (Phi) is 5.94. The Balaban J connectivity index is 1.43. The number of nitrogens with zero attached hydrogens (tertiary/aromatic N) is 6. The summed E-state index contributed by atoms with van der Waals surface area (Å²) >= 11 is 0. The zero-order chi connectivity index (χ0) is 22.9. The van der Waals surface area contributed by atoms with Crippen LogP contribution in [0.3, 0.4) is 0 Å². The highest BCUT2D eigenvalue weighted by atomic mass is 32.2. The monoisotopic (exact) mass is 455 g/mol. The van der Waals surface area contributed by atoms with Crippen molar-refractivity contribution in [1.82, 2.24) is 24.3 Å². The molecular formula is C21H25N7O3S. The minimum absolute atomic E-state index is 0.202. The van der Waals surface area contributed by atoms with Crippen LogP contribution in [0.25, 0.3) is 5.82 Å². The lowest BCUT2D eigenvalue weighted by atomic mass is 10.2. The van der Waals surface area contributed by atoms with Gasteiger partial charge >= 0.3 is 0 Å². The topological polar surface area (TPSA) is 113 Å². The van der Waals surface area contributed by atoms with Crippen molar-refractivity contribution >= 4 is 27.4 Å². The zero-order valence-corrected chi connectivity index (χ0v) is 19.0. The number of rotatable bonds is 5. The fourth-order valence-electron chi connectivity index (χ4n) is 3.67. The van der Waals surface area contributed by atoms with Crippen molar-refractivity contribution in [2.45, 2.75) is 25.7 Å². The molecule has 1 aliphatic heterocycles. The van der Waals surface area contributed by atoms with Gasteiger partial charge < -0.3 is 10.2 Å². The molecule has 32 heavy (non-hydrogen) atoms. The number of carbonyl (C=O) groups excluding carboxylic acids is 1. The van der Waals surface area contributed by atoms with Gasteiger partial charge in [0.05, 0.1) is 10.6 Å². The van der Waals surface area contributed by atoms with Gasteiger partial charge in [0.2, 0.25) is 15.9 Å². The number of nitrogens with one attached hydrogen (secondary N) is 1. The van der Waals surface area contributed by atoms with Gasteiger partial charge in [0.1, 0.15) is 0 Å². The van der Waals surface area contributed by atoms with E-state index in [0.717, 1.165) is 5.69 Å². The molecule has 4 rings (SSSR count). The average molecular weight is 456 g/mol. The minimum atomic E-state index is -3.64. The maximum absolute atomic E-state index is 13.2. The van der Waals surface area contributed by atoms with E-state index in [4.69, 9.17) is 0 Å². The normalized spacial score (nSPS) is 15.0. The van der Waals surface area contributed by atoms with Crippen LogP contribution >= 0.6 is 0 Å². The number of aryl methyl sites for hydroxylation is 2. The van der Waals surface area contributed by atoms with E-state index < -0.39 is 10.0 Å². The zero-order valence-electron chi connectivity index (χ0n) is 18.2. The summed E-state index contributed by atoms with van der Waals surface area (Å²) in [5.74, 6) is 1.12. The molecule has 1 aliphatic rings. The summed E-state index contributed by atoms with van der Waals surface area (Å²) in [5, 5.41) is 15.5. The third-order valence-electron chi connectivity index (χ3n) is 5.27. The molecule has 1 amide bonds. The standard InChI is InChI=1S/C21H25N7O3S/c1-15-14-18(22-17(3)29)4-5-19(15)32(30,31)27-12-10-26(11-13-27)20-6-7-21(24-23-20)28-9-8-16(2)25-28/h4-9,14H,10-13H2,1-3H3,(H,22,29). The Labute approximate surface area is 186 Å². The number of anilines is 2. The first-order valence-electron chi connectivity index (χ1n) is 10.2. The van der Waals surface area contributed by atoms with Crippen molar-refractivity contribution in [2.24, 2.45) is 0 Å². The number of amides is 1. The van der Waals surface area contributed by atoms with E-state index in [1.807, 2.05) is 36.2 Å². The van der Waals surface area contributed by atoms with Gasteiger partial charge in [-0.2, -0.15) is 9.40 Å². The quantitative estimate of drug-likeness (QED) is 0.623. The molecule has 1 fully saturated rings. The molecule has 0 unspecified atom stereocenters. The highest BCUT2D eigenvalue weighted by Gasteiger charge is 2.30. The number of sulfonamides is 1. The van der Waals surface area contributed by atoms with Gasteiger partial charge in [-0.05, 0) is 55.8 Å². The largest absolute Gasteiger partial charge is 0.352 e. The third-order valence-corrected chi connectivity index (χ3v) is 7.33. The molecule has 0 atom stereocenters. The number of aromatic nitrogens is 4. The van der Waals surface area contributed by atoms with Crippen LogP contribution in [0, 0.1) is 13.8 Å². The molecule has 0 saturated carbocycles. The molecule has 0 aliphatic carbocycles. The summed E-state index contributed by atoms with van der Waals surface area (Å²) in [6.07, 6.45) is 1.83. The maximum atomic E-state index is 13.2. The second kappa shape index (κ2) is 8.67. The number of hydrogen-bond donors (Lipinski definition) is 1. The van der Waals surface area contributed by atoms with Crippen LogP contribution in [-0.4, -0.2) is 64.8 Å². The summed E-state index contributed by atoms with van der Waals surface area (Å²) in [6.45, 7) is 6.76. The Hall–Kier alpha value is -3.31. The highest BCUT2D eigenvalue weighted by Crippen LogP contribution is 2.25. The SMILES string of the molecule is CC(=O)Nc1ccc(S(=O)(=O)N2CCN(c3ccc(-n4ccc(C)n4)nn3)CC2)c(C)c1. The van der Waals surface area contributed by atoms with Crippen molar-refractivity contribution in [3.05, 3.63) is 53.9 Å². The fourth-order valence-corrected chi connectivity index (χ4v) is 5.30. The molecule has 0 radical (unpaired) electrons. The lowest BCUT2D eigenvalue weighted by Crippen LogP contribution is -2.49. The van der Waals surface area contributed by atoms with E-state index in [-0.39, 0.29) is 10.8 Å². The van der Waals surface area contributed by atoms with Gasteiger partial charge in [-0.1, -0.05) is 0 Å². The number of hydrogen-bond acceptors (Lipinski definition) is 7. The van der Waals surface area contributed by atoms with Gasteiger partial charge in [-0.15, -0.1) is 10.2 Å². The molecule has 3 heterocycles. The van der Waals surface area contributed by atoms with Crippen molar-refractivity contribution < 1.29 is 13.2 Å². The smallest absolute Gasteiger partial charge is 0.243 e. The van der Waals surface area contributed by atoms with Gasteiger partial charge in [-0.3, -0.25) is 4.79 Å².